The Labute approximate surface area is 144 Å². The van der Waals surface area contributed by atoms with Gasteiger partial charge in [0.25, 0.3) is 0 Å². The van der Waals surface area contributed by atoms with Crippen molar-refractivity contribution in [3.63, 3.8) is 0 Å². The van der Waals surface area contributed by atoms with Gasteiger partial charge in [0, 0.05) is 0 Å². The molecule has 0 spiro atoms. The van der Waals surface area contributed by atoms with Crippen LogP contribution < -0.4 is 4.72 Å². The number of esters is 1. The zero-order chi connectivity index (χ0) is 16.9. The highest BCUT2D eigenvalue weighted by Crippen LogP contribution is 2.23. The van der Waals surface area contributed by atoms with E-state index < -0.39 is 27.7 Å². The number of carbonyl (C=O) groups excluding carboxylic acids is 1. The Morgan fingerprint density at radius 2 is 1.95 bits per heavy atom. The number of benzene rings is 1. The summed E-state index contributed by atoms with van der Waals surface area (Å²) in [5.41, 5.74) is 0.811. The van der Waals surface area contributed by atoms with Crippen molar-refractivity contribution in [2.24, 2.45) is 0 Å². The molecule has 0 heterocycles. The molecule has 2 atom stereocenters. The third-order valence-electron chi connectivity index (χ3n) is 2.80. The molecule has 1 unspecified atom stereocenters. The molecule has 7 heteroatoms. The van der Waals surface area contributed by atoms with Crippen LogP contribution >= 0.6 is 23.2 Å². The van der Waals surface area contributed by atoms with Crippen molar-refractivity contribution in [1.82, 2.24) is 4.72 Å². The van der Waals surface area contributed by atoms with Crippen LogP contribution in [0.5, 0.6) is 0 Å². The van der Waals surface area contributed by atoms with Crippen LogP contribution in [0, 0.1) is 0 Å². The minimum absolute atomic E-state index is 0.264. The van der Waals surface area contributed by atoms with Gasteiger partial charge >= 0.3 is 5.97 Å². The summed E-state index contributed by atoms with van der Waals surface area (Å²) in [4.78, 5) is 12.1. The van der Waals surface area contributed by atoms with Crippen molar-refractivity contribution in [3.05, 3.63) is 33.8 Å². The number of nitrogens with one attached hydrogen (secondary N) is 1. The van der Waals surface area contributed by atoms with E-state index in [1.807, 2.05) is 20.8 Å². The topological polar surface area (TPSA) is 55.4 Å². The largest absolute Gasteiger partial charge is 0.465 e. The highest BCUT2D eigenvalue weighted by molar-refractivity contribution is 7.84. The van der Waals surface area contributed by atoms with E-state index in [0.717, 1.165) is 5.56 Å². The summed E-state index contributed by atoms with van der Waals surface area (Å²) in [5.74, 6) is -0.439. The predicted octanol–water partition coefficient (Wildman–Crippen LogP) is 3.52. The molecule has 0 aliphatic heterocycles. The molecular formula is C15H21Cl2NO3S. The van der Waals surface area contributed by atoms with Crippen LogP contribution in [-0.2, 0) is 26.9 Å². The van der Waals surface area contributed by atoms with E-state index >= 15 is 0 Å². The van der Waals surface area contributed by atoms with E-state index in [4.69, 9.17) is 27.9 Å². The summed E-state index contributed by atoms with van der Waals surface area (Å²) in [7, 11) is -1.38. The normalized spacial score (nSPS) is 14.5. The summed E-state index contributed by atoms with van der Waals surface area (Å²) in [5, 5.41) is 0.864. The van der Waals surface area contributed by atoms with Crippen molar-refractivity contribution in [2.75, 3.05) is 6.61 Å². The number of halogens is 2. The molecule has 22 heavy (non-hydrogen) atoms. The molecule has 0 amide bonds. The van der Waals surface area contributed by atoms with Gasteiger partial charge in [0.15, 0.2) is 0 Å². The zero-order valence-electron chi connectivity index (χ0n) is 13.1. The first-order chi connectivity index (χ1) is 10.1. The smallest absolute Gasteiger partial charge is 0.324 e. The second-order valence-electron chi connectivity index (χ2n) is 5.76. The molecule has 0 aliphatic carbocycles. The molecule has 0 aliphatic rings. The van der Waals surface area contributed by atoms with E-state index in [1.54, 1.807) is 25.1 Å². The van der Waals surface area contributed by atoms with Crippen LogP contribution in [0.1, 0.15) is 33.3 Å². The highest BCUT2D eigenvalue weighted by Gasteiger charge is 2.28. The Bertz CT molecular complexity index is 558. The number of rotatable bonds is 6. The molecule has 0 bridgehead atoms. The maximum absolute atomic E-state index is 12.2. The van der Waals surface area contributed by atoms with E-state index in [9.17, 15) is 9.00 Å². The van der Waals surface area contributed by atoms with Crippen LogP contribution in [0.3, 0.4) is 0 Å². The number of hydrogen-bond acceptors (Lipinski definition) is 3. The monoisotopic (exact) mass is 365 g/mol. The second kappa shape index (κ2) is 8.29. The number of hydrogen-bond donors (Lipinski definition) is 1. The minimum atomic E-state index is -1.38. The van der Waals surface area contributed by atoms with E-state index in [0.29, 0.717) is 16.5 Å². The van der Waals surface area contributed by atoms with Crippen molar-refractivity contribution in [3.8, 4) is 0 Å². The van der Waals surface area contributed by atoms with Gasteiger partial charge in [0.05, 0.1) is 32.4 Å². The molecule has 1 N–H and O–H groups in total. The molecule has 0 saturated carbocycles. The molecule has 1 aromatic carbocycles. The molecule has 0 fully saturated rings. The van der Waals surface area contributed by atoms with Gasteiger partial charge in [0.2, 0.25) is 0 Å². The van der Waals surface area contributed by atoms with Crippen LogP contribution in [0.15, 0.2) is 18.2 Å². The third kappa shape index (κ3) is 5.88. The molecule has 0 saturated heterocycles. The zero-order valence-corrected chi connectivity index (χ0v) is 15.4. The Kier molecular flexibility index (Phi) is 7.32. The van der Waals surface area contributed by atoms with Crippen LogP contribution in [0.25, 0.3) is 0 Å². The maximum Gasteiger partial charge on any atom is 0.324 e. The van der Waals surface area contributed by atoms with Gasteiger partial charge in [-0.2, -0.15) is 0 Å². The van der Waals surface area contributed by atoms with Gasteiger partial charge in [-0.3, -0.25) is 4.79 Å². The summed E-state index contributed by atoms with van der Waals surface area (Å²) in [6, 6.07) is 4.43. The maximum atomic E-state index is 12.2. The van der Waals surface area contributed by atoms with Gasteiger partial charge < -0.3 is 4.74 Å². The fraction of sp³-hybridized carbons (Fsp3) is 0.533. The first kappa shape index (κ1) is 19.4. The van der Waals surface area contributed by atoms with Crippen LogP contribution in [0.4, 0.5) is 0 Å². The molecule has 1 rings (SSSR count). The predicted molar refractivity (Wildman–Crippen MR) is 91.6 cm³/mol. The van der Waals surface area contributed by atoms with Gasteiger partial charge in [-0.15, -0.1) is 0 Å². The molecule has 0 aromatic heterocycles. The Morgan fingerprint density at radius 1 is 1.32 bits per heavy atom. The molecular weight excluding hydrogens is 345 g/mol. The summed E-state index contributed by atoms with van der Waals surface area (Å²) in [6.45, 7) is 7.49. The van der Waals surface area contributed by atoms with E-state index in [1.165, 1.54) is 0 Å². The SMILES string of the molecule is CCOC(=O)[C@@H](Cc1ccc(Cl)c(Cl)c1)NS(=O)C(C)(C)C. The van der Waals surface area contributed by atoms with Gasteiger partial charge in [0.1, 0.15) is 6.04 Å². The highest BCUT2D eigenvalue weighted by atomic mass is 35.5. The molecule has 0 radical (unpaired) electrons. The van der Waals surface area contributed by atoms with Gasteiger partial charge in [-0.1, -0.05) is 29.3 Å². The van der Waals surface area contributed by atoms with Crippen LogP contribution in [0.2, 0.25) is 10.0 Å². The van der Waals surface area contributed by atoms with Crippen molar-refractivity contribution in [1.29, 1.82) is 0 Å². The summed E-state index contributed by atoms with van der Waals surface area (Å²) in [6.07, 6.45) is 0.317. The first-order valence-corrected chi connectivity index (χ1v) is 8.84. The van der Waals surface area contributed by atoms with Crippen molar-refractivity contribution < 1.29 is 13.7 Å². The lowest BCUT2D eigenvalue weighted by molar-refractivity contribution is -0.145. The van der Waals surface area contributed by atoms with Gasteiger partial charge in [-0.05, 0) is 51.8 Å². The quantitative estimate of drug-likeness (QED) is 0.784. The number of carbonyl (C=O) groups is 1. The second-order valence-corrected chi connectivity index (χ2v) is 8.57. The van der Waals surface area contributed by atoms with E-state index in [-0.39, 0.29) is 6.61 Å². The van der Waals surface area contributed by atoms with Crippen molar-refractivity contribution in [2.45, 2.75) is 44.9 Å². The standard InChI is InChI=1S/C15H21Cl2NO3S/c1-5-21-14(19)13(18-22(20)15(2,3)4)9-10-6-7-11(16)12(17)8-10/h6-8,13,18H,5,9H2,1-4H3/t13-,22?/m1/s1. The number of ether oxygens (including phenoxy) is 1. The Morgan fingerprint density at radius 3 is 2.45 bits per heavy atom. The van der Waals surface area contributed by atoms with E-state index in [2.05, 4.69) is 4.72 Å². The lowest BCUT2D eigenvalue weighted by atomic mass is 10.1. The first-order valence-electron chi connectivity index (χ1n) is 6.93. The summed E-state index contributed by atoms with van der Waals surface area (Å²) >= 11 is 11.9. The summed E-state index contributed by atoms with van der Waals surface area (Å²) < 4.78 is 19.7. The molecule has 1 aromatic rings. The minimum Gasteiger partial charge on any atom is -0.465 e. The lowest BCUT2D eigenvalue weighted by Gasteiger charge is -2.23. The lowest BCUT2D eigenvalue weighted by Crippen LogP contribution is -2.45. The average molecular weight is 366 g/mol. The average Bonchev–Trinajstić information content (AvgIpc) is 2.41. The Hall–Kier alpha value is -0.620. The third-order valence-corrected chi connectivity index (χ3v) is 5.15. The fourth-order valence-corrected chi connectivity index (χ4v) is 2.74. The molecule has 4 nitrogen and oxygen atoms in total. The molecule has 124 valence electrons. The van der Waals surface area contributed by atoms with Crippen LogP contribution in [-0.4, -0.2) is 27.6 Å². The van der Waals surface area contributed by atoms with Crippen molar-refractivity contribution >= 4 is 40.2 Å². The Balaban J connectivity index is 2.92. The fourth-order valence-electron chi connectivity index (χ4n) is 1.62. The van der Waals surface area contributed by atoms with Gasteiger partial charge in [-0.25, -0.2) is 8.93 Å².